The van der Waals surface area contributed by atoms with Crippen molar-refractivity contribution in [2.45, 2.75) is 13.3 Å². The molecule has 0 atom stereocenters. The fourth-order valence-electron chi connectivity index (χ4n) is 0.933. The molecule has 0 saturated carbocycles. The number of aromatic nitrogens is 2. The molecule has 1 rings (SSSR count). The van der Waals surface area contributed by atoms with Crippen LogP contribution in [0.25, 0.3) is 0 Å². The first-order valence-corrected chi connectivity index (χ1v) is 4.76. The van der Waals surface area contributed by atoms with Crippen molar-refractivity contribution in [3.8, 4) is 0 Å². The summed E-state index contributed by atoms with van der Waals surface area (Å²) in [5.41, 5.74) is 0.159. The number of aryl methyl sites for hydroxylation is 1. The normalized spacial score (nSPS) is 9.93. The number of esters is 1. The fraction of sp³-hybridized carbons (Fsp3) is 0.375. The van der Waals surface area contributed by atoms with Gasteiger partial charge in [0.25, 0.3) is 5.56 Å². The first-order chi connectivity index (χ1) is 6.60. The maximum absolute atomic E-state index is 11.3. The SMILES string of the molecule is CCc1nc(C(=O)OC)[nH]c(=O)c1Br. The van der Waals surface area contributed by atoms with E-state index in [4.69, 9.17) is 0 Å². The number of carbonyl (C=O) groups is 1. The van der Waals surface area contributed by atoms with Crippen molar-refractivity contribution in [2.24, 2.45) is 0 Å². The first kappa shape index (κ1) is 10.9. The number of rotatable bonds is 2. The van der Waals surface area contributed by atoms with Crippen LogP contribution < -0.4 is 5.56 Å². The third-order valence-electron chi connectivity index (χ3n) is 1.65. The molecular formula is C8H9BrN2O3. The number of hydrogen-bond acceptors (Lipinski definition) is 4. The predicted octanol–water partition coefficient (Wildman–Crippen LogP) is 0.881. The predicted molar refractivity (Wildman–Crippen MR) is 53.3 cm³/mol. The summed E-state index contributed by atoms with van der Waals surface area (Å²) >= 11 is 3.09. The molecule has 0 aromatic carbocycles. The molecule has 0 amide bonds. The molecule has 1 aromatic heterocycles. The van der Waals surface area contributed by atoms with E-state index in [9.17, 15) is 9.59 Å². The maximum atomic E-state index is 11.3. The second-order valence-electron chi connectivity index (χ2n) is 2.52. The van der Waals surface area contributed by atoms with E-state index in [1.807, 2.05) is 6.92 Å². The summed E-state index contributed by atoms with van der Waals surface area (Å²) in [6.07, 6.45) is 0.564. The van der Waals surface area contributed by atoms with Crippen LogP contribution in [0.2, 0.25) is 0 Å². The van der Waals surface area contributed by atoms with Crippen LogP contribution in [0.15, 0.2) is 9.27 Å². The van der Waals surface area contributed by atoms with Crippen molar-refractivity contribution in [3.63, 3.8) is 0 Å². The molecule has 0 fully saturated rings. The molecule has 0 aliphatic rings. The lowest BCUT2D eigenvalue weighted by molar-refractivity contribution is 0.0586. The van der Waals surface area contributed by atoms with Crippen LogP contribution >= 0.6 is 15.9 Å². The van der Waals surface area contributed by atoms with Gasteiger partial charge in [0.15, 0.2) is 0 Å². The average molecular weight is 261 g/mol. The Morgan fingerprint density at radius 3 is 2.79 bits per heavy atom. The molecule has 0 aliphatic heterocycles. The van der Waals surface area contributed by atoms with Gasteiger partial charge in [-0.05, 0) is 22.4 Å². The van der Waals surface area contributed by atoms with Crippen molar-refractivity contribution in [1.82, 2.24) is 9.97 Å². The number of nitrogens with one attached hydrogen (secondary N) is 1. The quantitative estimate of drug-likeness (QED) is 0.802. The van der Waals surface area contributed by atoms with Crippen molar-refractivity contribution < 1.29 is 9.53 Å². The van der Waals surface area contributed by atoms with Gasteiger partial charge in [-0.1, -0.05) is 6.92 Å². The number of halogens is 1. The largest absolute Gasteiger partial charge is 0.463 e. The minimum atomic E-state index is -0.649. The zero-order valence-corrected chi connectivity index (χ0v) is 9.34. The van der Waals surface area contributed by atoms with Gasteiger partial charge >= 0.3 is 5.97 Å². The fourth-order valence-corrected chi connectivity index (χ4v) is 1.40. The number of H-pyrrole nitrogens is 1. The summed E-state index contributed by atoms with van der Waals surface area (Å²) in [7, 11) is 1.23. The van der Waals surface area contributed by atoms with E-state index in [-0.39, 0.29) is 11.4 Å². The molecule has 1 aromatic rings. The third-order valence-corrected chi connectivity index (χ3v) is 2.46. The molecule has 0 bridgehead atoms. The van der Waals surface area contributed by atoms with E-state index >= 15 is 0 Å². The van der Waals surface area contributed by atoms with Crippen molar-refractivity contribution in [1.29, 1.82) is 0 Å². The van der Waals surface area contributed by atoms with Gasteiger partial charge in [-0.25, -0.2) is 9.78 Å². The van der Waals surface area contributed by atoms with E-state index in [1.165, 1.54) is 7.11 Å². The van der Waals surface area contributed by atoms with Crippen molar-refractivity contribution in [2.75, 3.05) is 7.11 Å². The number of carbonyl (C=O) groups excluding carboxylic acids is 1. The Balaban J connectivity index is 3.30. The third kappa shape index (κ3) is 2.01. The molecule has 1 heterocycles. The summed E-state index contributed by atoms with van der Waals surface area (Å²) in [4.78, 5) is 28.6. The lowest BCUT2D eigenvalue weighted by atomic mass is 10.3. The minimum absolute atomic E-state index is 0.0717. The van der Waals surface area contributed by atoms with Gasteiger partial charge in [0.2, 0.25) is 5.82 Å². The number of nitrogens with zero attached hydrogens (tertiary/aromatic N) is 1. The number of hydrogen-bond donors (Lipinski definition) is 1. The van der Waals surface area contributed by atoms with Gasteiger partial charge in [-0.15, -0.1) is 0 Å². The molecule has 6 heteroatoms. The molecule has 0 spiro atoms. The van der Waals surface area contributed by atoms with E-state index in [0.29, 0.717) is 16.6 Å². The van der Waals surface area contributed by atoms with Crippen molar-refractivity contribution in [3.05, 3.63) is 26.3 Å². The highest BCUT2D eigenvalue weighted by Crippen LogP contribution is 2.09. The molecule has 0 aliphatic carbocycles. The Labute approximate surface area is 88.6 Å². The summed E-state index contributed by atoms with van der Waals surface area (Å²) < 4.78 is 4.80. The molecule has 0 saturated heterocycles. The number of aromatic amines is 1. The van der Waals surface area contributed by atoms with Crippen LogP contribution in [0.4, 0.5) is 0 Å². The molecule has 1 N–H and O–H groups in total. The van der Waals surface area contributed by atoms with Crippen molar-refractivity contribution >= 4 is 21.9 Å². The average Bonchev–Trinajstić information content (AvgIpc) is 2.20. The monoisotopic (exact) mass is 260 g/mol. The zero-order valence-electron chi connectivity index (χ0n) is 7.76. The Hall–Kier alpha value is -1.17. The second-order valence-corrected chi connectivity index (χ2v) is 3.31. The van der Waals surface area contributed by atoms with E-state index < -0.39 is 5.97 Å². The lowest BCUT2D eigenvalue weighted by Crippen LogP contribution is -2.19. The number of methoxy groups -OCH3 is 1. The Kier molecular flexibility index (Phi) is 3.40. The van der Waals surface area contributed by atoms with Gasteiger partial charge < -0.3 is 4.74 Å². The molecule has 0 radical (unpaired) electrons. The Morgan fingerprint density at radius 2 is 2.29 bits per heavy atom. The Morgan fingerprint density at radius 1 is 1.64 bits per heavy atom. The van der Waals surface area contributed by atoms with Crippen LogP contribution in [0.5, 0.6) is 0 Å². The summed E-state index contributed by atoms with van der Waals surface area (Å²) in [5.74, 6) is -0.721. The smallest absolute Gasteiger partial charge is 0.374 e. The van der Waals surface area contributed by atoms with Gasteiger partial charge in [0.1, 0.15) is 4.47 Å². The standard InChI is InChI=1S/C8H9BrN2O3/c1-3-4-5(9)7(12)11-6(10-4)8(13)14-2/h3H2,1-2H3,(H,10,11,12). The molecule has 14 heavy (non-hydrogen) atoms. The maximum Gasteiger partial charge on any atom is 0.374 e. The highest BCUT2D eigenvalue weighted by atomic mass is 79.9. The van der Waals surface area contributed by atoms with Gasteiger partial charge in [0, 0.05) is 0 Å². The van der Waals surface area contributed by atoms with Gasteiger partial charge in [0.05, 0.1) is 12.8 Å². The summed E-state index contributed by atoms with van der Waals surface area (Å²) in [6.45, 7) is 1.84. The molecular weight excluding hydrogens is 252 g/mol. The van der Waals surface area contributed by atoms with Crippen LogP contribution in [0.3, 0.4) is 0 Å². The molecule has 5 nitrogen and oxygen atoms in total. The van der Waals surface area contributed by atoms with Crippen LogP contribution in [0.1, 0.15) is 23.2 Å². The highest BCUT2D eigenvalue weighted by molar-refractivity contribution is 9.10. The lowest BCUT2D eigenvalue weighted by Gasteiger charge is -2.02. The minimum Gasteiger partial charge on any atom is -0.463 e. The van der Waals surface area contributed by atoms with Crippen LogP contribution in [0, 0.1) is 0 Å². The summed E-state index contributed by atoms with van der Waals surface area (Å²) in [6, 6.07) is 0. The molecule has 0 unspecified atom stereocenters. The van der Waals surface area contributed by atoms with Crippen LogP contribution in [-0.2, 0) is 11.2 Å². The highest BCUT2D eigenvalue weighted by Gasteiger charge is 2.13. The second kappa shape index (κ2) is 4.36. The van der Waals surface area contributed by atoms with E-state index in [2.05, 4.69) is 30.6 Å². The first-order valence-electron chi connectivity index (χ1n) is 3.97. The molecule has 76 valence electrons. The van der Waals surface area contributed by atoms with Crippen LogP contribution in [-0.4, -0.2) is 23.0 Å². The summed E-state index contributed by atoms with van der Waals surface area (Å²) in [5, 5.41) is 0. The van der Waals surface area contributed by atoms with Gasteiger partial charge in [-0.3, -0.25) is 9.78 Å². The topological polar surface area (TPSA) is 72.0 Å². The Bertz CT molecular complexity index is 414. The number of ether oxygens (including phenoxy) is 1. The van der Waals surface area contributed by atoms with E-state index in [1.54, 1.807) is 0 Å². The zero-order chi connectivity index (χ0) is 10.7. The van der Waals surface area contributed by atoms with E-state index in [0.717, 1.165) is 0 Å². The van der Waals surface area contributed by atoms with Gasteiger partial charge in [-0.2, -0.15) is 0 Å².